The summed E-state index contributed by atoms with van der Waals surface area (Å²) >= 11 is 0. The largest absolute Gasteiger partial charge is 0.494 e. The molecule has 0 saturated carbocycles. The Balaban J connectivity index is 1.90. The predicted octanol–water partition coefficient (Wildman–Crippen LogP) is 4.19. The molecule has 1 aromatic heterocycles. The molecule has 12 heteroatoms. The predicted molar refractivity (Wildman–Crippen MR) is 161 cm³/mol. The monoisotopic (exact) mass is 552 g/mol. The summed E-state index contributed by atoms with van der Waals surface area (Å²) in [7, 11) is 6.36. The fourth-order valence-electron chi connectivity index (χ4n) is 3.53. The standard InChI is InChI=1S/C27H36N8O3S/c1-7-26(36)30-21-17-22(24(38-6)18-23(21)35(5)16-15-34(3)4)31-27-28-14-13-25(32-27)29-19-11-9-10-12-20(19)33-39(37)8-2/h7,9-14,17-18,33H,1,8,15-16H2,2-6H3,(H,30,36)(H2,28,29,31,32). The number of anilines is 7. The summed E-state index contributed by atoms with van der Waals surface area (Å²) in [6.07, 6.45) is 2.84. The van der Waals surface area contributed by atoms with Gasteiger partial charge >= 0.3 is 0 Å². The molecule has 0 aliphatic heterocycles. The van der Waals surface area contributed by atoms with Crippen molar-refractivity contribution in [3.63, 3.8) is 0 Å². The third-order valence-electron chi connectivity index (χ3n) is 5.63. The zero-order valence-corrected chi connectivity index (χ0v) is 23.8. The third kappa shape index (κ3) is 8.42. The van der Waals surface area contributed by atoms with Crippen LogP contribution in [0.5, 0.6) is 5.75 Å². The summed E-state index contributed by atoms with van der Waals surface area (Å²) in [5.41, 5.74) is 3.37. The van der Waals surface area contributed by atoms with Crippen LogP contribution in [0, 0.1) is 0 Å². The average Bonchev–Trinajstić information content (AvgIpc) is 2.93. The number of aromatic nitrogens is 2. The molecule has 3 rings (SSSR count). The quantitative estimate of drug-likeness (QED) is 0.218. The Bertz CT molecular complexity index is 1320. The first-order chi connectivity index (χ1) is 18.7. The second-order valence-corrected chi connectivity index (χ2v) is 10.3. The van der Waals surface area contributed by atoms with Gasteiger partial charge in [0.1, 0.15) is 22.6 Å². The van der Waals surface area contributed by atoms with Crippen LogP contribution in [0.4, 0.5) is 40.2 Å². The topological polar surface area (TPSA) is 124 Å². The number of nitrogens with one attached hydrogen (secondary N) is 4. The summed E-state index contributed by atoms with van der Waals surface area (Å²) in [4.78, 5) is 25.3. The van der Waals surface area contributed by atoms with Gasteiger partial charge in [-0.2, -0.15) is 4.98 Å². The summed E-state index contributed by atoms with van der Waals surface area (Å²) in [6.45, 7) is 6.97. The minimum atomic E-state index is -1.19. The molecule has 4 N–H and O–H groups in total. The third-order valence-corrected chi connectivity index (χ3v) is 6.60. The van der Waals surface area contributed by atoms with Gasteiger partial charge in [-0.15, -0.1) is 0 Å². The highest BCUT2D eigenvalue weighted by Crippen LogP contribution is 2.38. The molecule has 1 heterocycles. The molecule has 0 fully saturated rings. The van der Waals surface area contributed by atoms with E-state index in [-0.39, 0.29) is 5.91 Å². The Labute approximate surface area is 232 Å². The molecule has 0 radical (unpaired) electrons. The molecule has 3 aromatic rings. The second kappa shape index (κ2) is 14.1. The molecule has 0 bridgehead atoms. The van der Waals surface area contributed by atoms with Crippen LogP contribution in [0.15, 0.2) is 61.3 Å². The fourth-order valence-corrected chi connectivity index (χ4v) is 4.10. The van der Waals surface area contributed by atoms with E-state index in [1.807, 2.05) is 63.3 Å². The van der Waals surface area contributed by atoms with Crippen molar-refractivity contribution < 1.29 is 13.7 Å². The van der Waals surface area contributed by atoms with Gasteiger partial charge in [-0.25, -0.2) is 9.19 Å². The molecule has 1 unspecified atom stereocenters. The number of benzene rings is 2. The van der Waals surface area contributed by atoms with E-state index in [0.717, 1.165) is 24.5 Å². The van der Waals surface area contributed by atoms with Crippen LogP contribution in [0.2, 0.25) is 0 Å². The number of ether oxygens (including phenoxy) is 1. The van der Waals surface area contributed by atoms with Crippen LogP contribution in [0.25, 0.3) is 0 Å². The number of carbonyl (C=O) groups is 1. The number of hydrogen-bond donors (Lipinski definition) is 4. The van der Waals surface area contributed by atoms with Crippen molar-refractivity contribution >= 4 is 57.1 Å². The van der Waals surface area contributed by atoms with Crippen LogP contribution >= 0.6 is 0 Å². The summed E-state index contributed by atoms with van der Waals surface area (Å²) in [6, 6.07) is 12.8. The number of para-hydroxylation sites is 2. The van der Waals surface area contributed by atoms with Gasteiger partial charge in [0.25, 0.3) is 0 Å². The second-order valence-electron chi connectivity index (χ2n) is 8.79. The summed E-state index contributed by atoms with van der Waals surface area (Å²) < 4.78 is 20.7. The van der Waals surface area contributed by atoms with Gasteiger partial charge in [-0.1, -0.05) is 25.6 Å². The minimum absolute atomic E-state index is 0.315. The van der Waals surface area contributed by atoms with E-state index in [4.69, 9.17) is 4.74 Å². The van der Waals surface area contributed by atoms with E-state index in [1.54, 1.807) is 25.4 Å². The Morgan fingerprint density at radius 3 is 2.46 bits per heavy atom. The van der Waals surface area contributed by atoms with E-state index >= 15 is 0 Å². The van der Waals surface area contributed by atoms with Gasteiger partial charge in [-0.3, -0.25) is 4.79 Å². The molecule has 0 aliphatic carbocycles. The van der Waals surface area contributed by atoms with Crippen molar-refractivity contribution in [1.82, 2.24) is 14.9 Å². The Kier molecular flexibility index (Phi) is 10.6. The van der Waals surface area contributed by atoms with Gasteiger partial charge in [0.05, 0.1) is 35.5 Å². The number of likely N-dealkylation sites (N-methyl/N-ethyl adjacent to an activating group) is 2. The van der Waals surface area contributed by atoms with Gasteiger partial charge in [0.15, 0.2) is 0 Å². The first-order valence-electron chi connectivity index (χ1n) is 12.4. The SMILES string of the molecule is C=CC(=O)Nc1cc(Nc2nccc(Nc3ccccc3NS(=O)CC)n2)c(OC)cc1N(C)CCN(C)C. The minimum Gasteiger partial charge on any atom is -0.494 e. The maximum absolute atomic E-state index is 12.2. The molecule has 0 aliphatic rings. The average molecular weight is 553 g/mol. The van der Waals surface area contributed by atoms with Crippen LogP contribution < -0.4 is 30.3 Å². The molecule has 1 atom stereocenters. The lowest BCUT2D eigenvalue weighted by molar-refractivity contribution is -0.111. The molecule has 208 valence electrons. The molecule has 39 heavy (non-hydrogen) atoms. The number of rotatable bonds is 14. The highest BCUT2D eigenvalue weighted by molar-refractivity contribution is 7.86. The number of amides is 1. The molecule has 2 aromatic carbocycles. The first kappa shape index (κ1) is 29.4. The molecular formula is C27H36N8O3S. The fraction of sp³-hybridized carbons (Fsp3) is 0.296. The van der Waals surface area contributed by atoms with Crippen LogP contribution in [-0.4, -0.2) is 72.1 Å². The highest BCUT2D eigenvalue weighted by Gasteiger charge is 2.17. The van der Waals surface area contributed by atoms with E-state index in [9.17, 15) is 9.00 Å². The van der Waals surface area contributed by atoms with Crippen molar-refractivity contribution in [3.05, 3.63) is 61.3 Å². The Morgan fingerprint density at radius 2 is 1.79 bits per heavy atom. The highest BCUT2D eigenvalue weighted by atomic mass is 32.2. The molecule has 0 saturated heterocycles. The van der Waals surface area contributed by atoms with Gasteiger partial charge in [0.2, 0.25) is 11.9 Å². The Morgan fingerprint density at radius 1 is 1.05 bits per heavy atom. The maximum Gasteiger partial charge on any atom is 0.247 e. The van der Waals surface area contributed by atoms with E-state index in [0.29, 0.717) is 40.3 Å². The molecule has 1 amide bonds. The first-order valence-corrected chi connectivity index (χ1v) is 13.7. The number of nitrogens with zero attached hydrogens (tertiary/aromatic N) is 4. The maximum atomic E-state index is 12.2. The van der Waals surface area contributed by atoms with Gasteiger partial charge < -0.3 is 35.2 Å². The normalized spacial score (nSPS) is 11.4. The number of carbonyl (C=O) groups excluding carboxylic acids is 1. The van der Waals surface area contributed by atoms with E-state index < -0.39 is 11.0 Å². The van der Waals surface area contributed by atoms with Crippen LogP contribution in [0.1, 0.15) is 6.92 Å². The number of hydrogen-bond acceptors (Lipinski definition) is 9. The summed E-state index contributed by atoms with van der Waals surface area (Å²) in [5, 5.41) is 9.33. The summed E-state index contributed by atoms with van der Waals surface area (Å²) in [5.74, 6) is 1.56. The van der Waals surface area contributed by atoms with E-state index in [1.165, 1.54) is 6.08 Å². The lowest BCUT2D eigenvalue weighted by atomic mass is 10.2. The number of methoxy groups -OCH3 is 1. The van der Waals surface area contributed by atoms with Gasteiger partial charge in [-0.05, 0) is 44.4 Å². The smallest absolute Gasteiger partial charge is 0.247 e. The lowest BCUT2D eigenvalue weighted by Gasteiger charge is -2.26. The van der Waals surface area contributed by atoms with E-state index in [2.05, 4.69) is 42.1 Å². The van der Waals surface area contributed by atoms with Gasteiger partial charge in [0, 0.05) is 38.2 Å². The van der Waals surface area contributed by atoms with Crippen LogP contribution in [0.3, 0.4) is 0 Å². The van der Waals surface area contributed by atoms with Crippen molar-refractivity contribution in [2.24, 2.45) is 0 Å². The lowest BCUT2D eigenvalue weighted by Crippen LogP contribution is -2.29. The molecular weight excluding hydrogens is 516 g/mol. The molecule has 0 spiro atoms. The van der Waals surface area contributed by atoms with Crippen molar-refractivity contribution in [2.75, 3.05) is 72.7 Å². The molecule has 11 nitrogen and oxygen atoms in total. The zero-order valence-electron chi connectivity index (χ0n) is 22.9. The van der Waals surface area contributed by atoms with Crippen molar-refractivity contribution in [2.45, 2.75) is 6.92 Å². The van der Waals surface area contributed by atoms with Crippen molar-refractivity contribution in [1.29, 1.82) is 0 Å². The van der Waals surface area contributed by atoms with Crippen molar-refractivity contribution in [3.8, 4) is 5.75 Å². The zero-order chi connectivity index (χ0) is 28.4. The van der Waals surface area contributed by atoms with Crippen LogP contribution in [-0.2, 0) is 15.8 Å². The Hall–Kier alpha value is -4.16.